The van der Waals surface area contributed by atoms with Crippen molar-refractivity contribution >= 4 is 62.1 Å². The van der Waals surface area contributed by atoms with E-state index in [1.807, 2.05) is 42.5 Å². The van der Waals surface area contributed by atoms with Gasteiger partial charge in [0.05, 0.1) is 15.2 Å². The van der Waals surface area contributed by atoms with Crippen molar-refractivity contribution in [1.29, 1.82) is 0 Å². The maximum atomic E-state index is 12.2. The van der Waals surface area contributed by atoms with Gasteiger partial charge in [-0.05, 0) is 54.7 Å². The largest absolute Gasteiger partial charge is 0.332 e. The van der Waals surface area contributed by atoms with Crippen molar-refractivity contribution in [2.45, 2.75) is 0 Å². The number of fused-ring (bicyclic) bond motifs is 1. The van der Waals surface area contributed by atoms with E-state index in [4.69, 9.17) is 23.8 Å². The van der Waals surface area contributed by atoms with Crippen molar-refractivity contribution in [1.82, 2.24) is 10.3 Å². The fraction of sp³-hybridized carbons (Fsp3) is 0. The zero-order valence-corrected chi connectivity index (χ0v) is 16.9. The minimum atomic E-state index is -0.268. The molecule has 0 aliphatic heterocycles. The van der Waals surface area contributed by atoms with E-state index >= 15 is 0 Å². The molecule has 1 amide bonds. The molecule has 0 saturated carbocycles. The van der Waals surface area contributed by atoms with Gasteiger partial charge in [0.2, 0.25) is 0 Å². The first-order valence-electron chi connectivity index (χ1n) is 8.43. The second-order valence-corrected chi connectivity index (χ2v) is 7.80. The molecular weight excluding hydrogens is 410 g/mol. The minimum absolute atomic E-state index is 0.206. The van der Waals surface area contributed by atoms with Gasteiger partial charge < -0.3 is 5.32 Å². The minimum Gasteiger partial charge on any atom is -0.332 e. The Morgan fingerprint density at radius 2 is 1.75 bits per heavy atom. The molecule has 0 fully saturated rings. The van der Waals surface area contributed by atoms with Gasteiger partial charge in [-0.2, -0.15) is 0 Å². The van der Waals surface area contributed by atoms with Crippen LogP contribution in [-0.4, -0.2) is 16.0 Å². The maximum absolute atomic E-state index is 12.2. The van der Waals surface area contributed by atoms with Gasteiger partial charge in [0.1, 0.15) is 5.01 Å². The predicted octanol–water partition coefficient (Wildman–Crippen LogP) is 5.74. The van der Waals surface area contributed by atoms with E-state index in [-0.39, 0.29) is 11.0 Å². The highest BCUT2D eigenvalue weighted by molar-refractivity contribution is 7.80. The van der Waals surface area contributed by atoms with Crippen LogP contribution in [0.3, 0.4) is 0 Å². The third-order valence-corrected chi connectivity index (χ3v) is 5.60. The number of nitrogens with zero attached hydrogens (tertiary/aromatic N) is 1. The molecule has 0 aliphatic rings. The van der Waals surface area contributed by atoms with E-state index in [1.54, 1.807) is 41.7 Å². The number of hydrogen-bond donors (Lipinski definition) is 2. The number of amides is 1. The fourth-order valence-electron chi connectivity index (χ4n) is 2.68. The molecular formula is C21H14ClN3OS2. The first-order valence-corrected chi connectivity index (χ1v) is 10.0. The highest BCUT2D eigenvalue weighted by Crippen LogP contribution is 2.35. The highest BCUT2D eigenvalue weighted by atomic mass is 35.5. The number of halogens is 1. The number of carbonyl (C=O) groups excluding carboxylic acids is 1. The first-order chi connectivity index (χ1) is 13.6. The molecule has 3 aromatic carbocycles. The number of carbonyl (C=O) groups is 1. The smallest absolute Gasteiger partial charge is 0.257 e. The number of nitrogens with one attached hydrogen (secondary N) is 2. The Kier molecular flexibility index (Phi) is 5.34. The van der Waals surface area contributed by atoms with Gasteiger partial charge in [0.25, 0.3) is 5.91 Å². The van der Waals surface area contributed by atoms with Crippen molar-refractivity contribution in [3.05, 3.63) is 83.4 Å². The van der Waals surface area contributed by atoms with Crippen LogP contribution in [0.4, 0.5) is 5.69 Å². The molecule has 0 radical (unpaired) electrons. The van der Waals surface area contributed by atoms with E-state index in [9.17, 15) is 4.79 Å². The SMILES string of the molecule is O=C(NC(=S)Nc1ccc(-c2nc3ccccc3s2)c(Cl)c1)c1ccccc1. The fourth-order valence-corrected chi connectivity index (χ4v) is 4.22. The molecule has 4 nitrogen and oxygen atoms in total. The molecule has 0 unspecified atom stereocenters. The lowest BCUT2D eigenvalue weighted by Gasteiger charge is -2.11. The molecule has 28 heavy (non-hydrogen) atoms. The summed E-state index contributed by atoms with van der Waals surface area (Å²) >= 11 is 13.3. The predicted molar refractivity (Wildman–Crippen MR) is 120 cm³/mol. The molecule has 2 N–H and O–H groups in total. The monoisotopic (exact) mass is 423 g/mol. The average Bonchev–Trinajstić information content (AvgIpc) is 3.12. The van der Waals surface area contributed by atoms with Crippen molar-refractivity contribution in [2.24, 2.45) is 0 Å². The van der Waals surface area contributed by atoms with Gasteiger partial charge in [-0.25, -0.2) is 4.98 Å². The number of aromatic nitrogens is 1. The standard InChI is InChI=1S/C21H14ClN3OS2/c22-16-12-14(23-21(27)25-19(26)13-6-2-1-3-7-13)10-11-15(16)20-24-17-8-4-5-9-18(17)28-20/h1-12H,(H2,23,25,26,27). The molecule has 0 bridgehead atoms. The molecule has 0 saturated heterocycles. The Hall–Kier alpha value is -2.80. The molecule has 1 aromatic heterocycles. The molecule has 4 aromatic rings. The quantitative estimate of drug-likeness (QED) is 0.412. The van der Waals surface area contributed by atoms with Crippen molar-refractivity contribution < 1.29 is 4.79 Å². The summed E-state index contributed by atoms with van der Waals surface area (Å²) in [6.07, 6.45) is 0. The molecule has 7 heteroatoms. The number of benzene rings is 3. The Morgan fingerprint density at radius 3 is 2.50 bits per heavy atom. The molecule has 0 aliphatic carbocycles. The Morgan fingerprint density at radius 1 is 1.00 bits per heavy atom. The second-order valence-electron chi connectivity index (χ2n) is 5.96. The van der Waals surface area contributed by atoms with Crippen LogP contribution in [0.1, 0.15) is 10.4 Å². The highest BCUT2D eigenvalue weighted by Gasteiger charge is 2.12. The summed E-state index contributed by atoms with van der Waals surface area (Å²) in [5.41, 5.74) is 3.03. The zero-order valence-electron chi connectivity index (χ0n) is 14.5. The topological polar surface area (TPSA) is 54.0 Å². The lowest BCUT2D eigenvalue weighted by atomic mass is 10.2. The molecule has 138 valence electrons. The number of anilines is 1. The Labute approximate surface area is 176 Å². The van der Waals surface area contributed by atoms with Crippen LogP contribution in [0.5, 0.6) is 0 Å². The van der Waals surface area contributed by atoms with Crippen molar-refractivity contribution in [3.8, 4) is 10.6 Å². The normalized spacial score (nSPS) is 10.6. The molecule has 1 heterocycles. The van der Waals surface area contributed by atoms with Crippen LogP contribution in [0.15, 0.2) is 72.8 Å². The number of thiocarbonyl (C=S) groups is 1. The van der Waals surface area contributed by atoms with E-state index in [2.05, 4.69) is 15.6 Å². The van der Waals surface area contributed by atoms with E-state index in [0.29, 0.717) is 16.3 Å². The van der Waals surface area contributed by atoms with Crippen LogP contribution < -0.4 is 10.6 Å². The summed E-state index contributed by atoms with van der Waals surface area (Å²) in [7, 11) is 0. The summed E-state index contributed by atoms with van der Waals surface area (Å²) in [6.45, 7) is 0. The van der Waals surface area contributed by atoms with E-state index in [0.717, 1.165) is 20.8 Å². The van der Waals surface area contributed by atoms with E-state index < -0.39 is 0 Å². The Bertz CT molecular complexity index is 1140. The second kappa shape index (κ2) is 8.06. The molecule has 0 spiro atoms. The number of rotatable bonds is 3. The van der Waals surface area contributed by atoms with Gasteiger partial charge in [0, 0.05) is 16.8 Å². The number of para-hydroxylation sites is 1. The van der Waals surface area contributed by atoms with E-state index in [1.165, 1.54) is 0 Å². The third kappa shape index (κ3) is 4.04. The van der Waals surface area contributed by atoms with Crippen LogP contribution in [0.2, 0.25) is 5.02 Å². The molecule has 4 rings (SSSR count). The van der Waals surface area contributed by atoms with Crippen molar-refractivity contribution in [3.63, 3.8) is 0 Å². The van der Waals surface area contributed by atoms with Gasteiger partial charge in [-0.1, -0.05) is 41.9 Å². The summed E-state index contributed by atoms with van der Waals surface area (Å²) in [5, 5.41) is 7.26. The zero-order chi connectivity index (χ0) is 19.5. The van der Waals surface area contributed by atoms with Gasteiger partial charge >= 0.3 is 0 Å². The van der Waals surface area contributed by atoms with Crippen molar-refractivity contribution in [2.75, 3.05) is 5.32 Å². The average molecular weight is 424 g/mol. The lowest BCUT2D eigenvalue weighted by molar-refractivity contribution is 0.0977. The van der Waals surface area contributed by atoms with Gasteiger partial charge in [-0.3, -0.25) is 10.1 Å². The third-order valence-electron chi connectivity index (χ3n) is 4.01. The van der Waals surface area contributed by atoms with Crippen LogP contribution in [-0.2, 0) is 0 Å². The summed E-state index contributed by atoms with van der Waals surface area (Å²) in [5.74, 6) is -0.268. The maximum Gasteiger partial charge on any atom is 0.257 e. The molecule has 0 atom stereocenters. The summed E-state index contributed by atoms with van der Waals surface area (Å²) < 4.78 is 1.11. The Balaban J connectivity index is 1.48. The first kappa shape index (κ1) is 18.6. The van der Waals surface area contributed by atoms with Gasteiger partial charge in [-0.15, -0.1) is 11.3 Å². The summed E-state index contributed by atoms with van der Waals surface area (Å²) in [4.78, 5) is 16.8. The van der Waals surface area contributed by atoms with Crippen LogP contribution >= 0.6 is 35.2 Å². The van der Waals surface area contributed by atoms with Crippen LogP contribution in [0.25, 0.3) is 20.8 Å². The number of hydrogen-bond acceptors (Lipinski definition) is 4. The lowest BCUT2D eigenvalue weighted by Crippen LogP contribution is -2.34. The van der Waals surface area contributed by atoms with Gasteiger partial charge in [0.15, 0.2) is 5.11 Å². The number of thiazole rings is 1. The summed E-state index contributed by atoms with van der Waals surface area (Å²) in [6, 6.07) is 22.4. The van der Waals surface area contributed by atoms with Crippen LogP contribution in [0, 0.1) is 0 Å².